The van der Waals surface area contributed by atoms with Gasteiger partial charge in [0, 0.05) is 16.8 Å². The number of carboxylic acids is 1. The Morgan fingerprint density at radius 1 is 0.963 bits per heavy atom. The molecule has 4 rings (SSSR count). The summed E-state index contributed by atoms with van der Waals surface area (Å²) in [4.78, 5) is 26.6. The summed E-state index contributed by atoms with van der Waals surface area (Å²) < 4.78 is 0. The Bertz CT molecular complexity index is 1170. The number of nitrogens with zero attached hydrogens (tertiary/aromatic N) is 2. The number of nitrogens with one attached hydrogen (secondary N) is 1. The average molecular weight is 359 g/mol. The Kier molecular flexibility index (Phi) is 3.89. The normalized spacial score (nSPS) is 10.8. The van der Waals surface area contributed by atoms with Crippen molar-refractivity contribution in [2.75, 3.05) is 5.32 Å². The topological polar surface area (TPSA) is 105 Å². The smallest absolute Gasteiger partial charge is 0.335 e. The van der Waals surface area contributed by atoms with E-state index in [0.717, 1.165) is 27.9 Å². The zero-order valence-corrected chi connectivity index (χ0v) is 13.9. The maximum Gasteiger partial charge on any atom is 0.335 e. The average Bonchev–Trinajstić information content (AvgIpc) is 2.67. The summed E-state index contributed by atoms with van der Waals surface area (Å²) in [5.41, 5.74) is 1.96. The molecule has 3 aromatic carbocycles. The van der Waals surface area contributed by atoms with E-state index in [0.29, 0.717) is 5.69 Å². The maximum atomic E-state index is 11.5. The fourth-order valence-corrected chi connectivity index (χ4v) is 3.03. The van der Waals surface area contributed by atoms with E-state index in [4.69, 9.17) is 5.11 Å². The van der Waals surface area contributed by atoms with Crippen molar-refractivity contribution in [1.82, 2.24) is 4.98 Å². The molecule has 1 heterocycles. The quantitative estimate of drug-likeness (QED) is 0.310. The fourth-order valence-electron chi connectivity index (χ4n) is 3.03. The monoisotopic (exact) mass is 359 g/mol. The van der Waals surface area contributed by atoms with Crippen molar-refractivity contribution in [3.05, 3.63) is 82.4 Å². The van der Waals surface area contributed by atoms with Crippen LogP contribution in [0, 0.1) is 10.1 Å². The van der Waals surface area contributed by atoms with Crippen molar-refractivity contribution in [3.63, 3.8) is 0 Å². The molecular weight excluding hydrogens is 346 g/mol. The number of carbonyl (C=O) groups is 1. The van der Waals surface area contributed by atoms with Gasteiger partial charge in [-0.3, -0.25) is 10.1 Å². The lowest BCUT2D eigenvalue weighted by atomic mass is 10.1. The molecule has 0 unspecified atom stereocenters. The van der Waals surface area contributed by atoms with E-state index < -0.39 is 10.9 Å². The van der Waals surface area contributed by atoms with Crippen LogP contribution >= 0.6 is 0 Å². The zero-order valence-electron chi connectivity index (χ0n) is 13.9. The number of nitro benzene ring substituents is 1. The first-order valence-corrected chi connectivity index (χ1v) is 8.11. The molecule has 0 atom stereocenters. The largest absolute Gasteiger partial charge is 0.478 e. The van der Waals surface area contributed by atoms with E-state index >= 15 is 0 Å². The lowest BCUT2D eigenvalue weighted by Gasteiger charge is -2.13. The highest BCUT2D eigenvalue weighted by Gasteiger charge is 2.19. The van der Waals surface area contributed by atoms with E-state index in [1.165, 1.54) is 12.1 Å². The zero-order chi connectivity index (χ0) is 19.0. The summed E-state index contributed by atoms with van der Waals surface area (Å²) in [7, 11) is 0. The highest BCUT2D eigenvalue weighted by atomic mass is 16.6. The van der Waals surface area contributed by atoms with Crippen LogP contribution in [-0.2, 0) is 0 Å². The number of hydrogen-bond donors (Lipinski definition) is 2. The number of rotatable bonds is 4. The van der Waals surface area contributed by atoms with Crippen LogP contribution in [0.4, 0.5) is 17.1 Å². The van der Waals surface area contributed by atoms with Crippen LogP contribution in [0.1, 0.15) is 10.4 Å². The lowest BCUT2D eigenvalue weighted by molar-refractivity contribution is -0.383. The van der Waals surface area contributed by atoms with Crippen molar-refractivity contribution in [2.45, 2.75) is 0 Å². The Hall–Kier alpha value is -4.00. The highest BCUT2D eigenvalue weighted by molar-refractivity contribution is 6.09. The van der Waals surface area contributed by atoms with Crippen molar-refractivity contribution in [1.29, 1.82) is 0 Å². The lowest BCUT2D eigenvalue weighted by Crippen LogP contribution is -2.02. The van der Waals surface area contributed by atoms with E-state index in [1.807, 2.05) is 48.5 Å². The molecule has 4 aromatic rings. The Morgan fingerprint density at radius 2 is 1.56 bits per heavy atom. The van der Waals surface area contributed by atoms with Crippen LogP contribution < -0.4 is 5.32 Å². The predicted molar refractivity (Wildman–Crippen MR) is 103 cm³/mol. The van der Waals surface area contributed by atoms with Gasteiger partial charge in [-0.05, 0) is 24.3 Å². The summed E-state index contributed by atoms with van der Waals surface area (Å²) in [6.45, 7) is 0. The molecule has 0 fully saturated rings. The number of carboxylic acid groups (broad SMARTS) is 1. The molecule has 7 nitrogen and oxygen atoms in total. The van der Waals surface area contributed by atoms with E-state index in [1.54, 1.807) is 0 Å². The molecule has 0 saturated heterocycles. The number of aromatic nitrogens is 1. The summed E-state index contributed by atoms with van der Waals surface area (Å²) in [6, 6.07) is 18.8. The highest BCUT2D eigenvalue weighted by Crippen LogP contribution is 2.36. The minimum atomic E-state index is -1.22. The van der Waals surface area contributed by atoms with Gasteiger partial charge < -0.3 is 10.4 Å². The number of anilines is 2. The van der Waals surface area contributed by atoms with Crippen LogP contribution in [0.3, 0.4) is 0 Å². The molecule has 0 radical (unpaired) electrons. The van der Waals surface area contributed by atoms with E-state index in [2.05, 4.69) is 10.3 Å². The second-order valence-corrected chi connectivity index (χ2v) is 5.94. The number of nitro groups is 1. The molecule has 2 N–H and O–H groups in total. The predicted octanol–water partition coefficient (Wildman–Crippen LogP) is 4.74. The third-order valence-electron chi connectivity index (χ3n) is 4.29. The summed E-state index contributed by atoms with van der Waals surface area (Å²) in [5.74, 6) is -1.22. The molecule has 132 valence electrons. The van der Waals surface area contributed by atoms with Gasteiger partial charge in [-0.15, -0.1) is 0 Å². The number of fused-ring (bicyclic) bond motifs is 2. The second-order valence-electron chi connectivity index (χ2n) is 5.94. The third-order valence-corrected chi connectivity index (χ3v) is 4.29. The van der Waals surface area contributed by atoms with Crippen LogP contribution in [0.5, 0.6) is 0 Å². The molecule has 1 aromatic heterocycles. The first-order valence-electron chi connectivity index (χ1n) is 8.11. The fraction of sp³-hybridized carbons (Fsp3) is 0. The van der Waals surface area contributed by atoms with Crippen molar-refractivity contribution in [2.24, 2.45) is 0 Å². The minimum absolute atomic E-state index is 0.142. The van der Waals surface area contributed by atoms with Crippen LogP contribution in [0.15, 0.2) is 66.7 Å². The van der Waals surface area contributed by atoms with Crippen molar-refractivity contribution < 1.29 is 14.8 Å². The molecule has 0 saturated carbocycles. The molecular formula is C20H13N3O4. The first-order chi connectivity index (χ1) is 13.0. The third kappa shape index (κ3) is 2.91. The number of para-hydroxylation sites is 2. The van der Waals surface area contributed by atoms with Gasteiger partial charge in [0.05, 0.1) is 27.2 Å². The van der Waals surface area contributed by atoms with Gasteiger partial charge in [-0.2, -0.15) is 0 Å². The van der Waals surface area contributed by atoms with Gasteiger partial charge in [0.1, 0.15) is 5.69 Å². The molecule has 0 aliphatic heterocycles. The maximum absolute atomic E-state index is 11.5. The summed E-state index contributed by atoms with van der Waals surface area (Å²) in [5, 5.41) is 25.3. The van der Waals surface area contributed by atoms with E-state index in [-0.39, 0.29) is 16.9 Å². The van der Waals surface area contributed by atoms with Crippen LogP contribution in [0.2, 0.25) is 0 Å². The number of benzene rings is 3. The molecule has 0 spiro atoms. The molecule has 0 aliphatic carbocycles. The minimum Gasteiger partial charge on any atom is -0.478 e. The number of hydrogen-bond acceptors (Lipinski definition) is 5. The molecule has 0 amide bonds. The number of aromatic carboxylic acids is 1. The Morgan fingerprint density at radius 3 is 2.11 bits per heavy atom. The molecule has 0 bridgehead atoms. The van der Waals surface area contributed by atoms with Crippen LogP contribution in [0.25, 0.3) is 21.8 Å². The first kappa shape index (κ1) is 16.5. The summed E-state index contributed by atoms with van der Waals surface area (Å²) in [6.07, 6.45) is 0. The second kappa shape index (κ2) is 6.38. The SMILES string of the molecule is O=C(O)c1ccc(Nc2c3ccccc3nc3ccccc23)c([N+](=O)[O-])c1. The van der Waals surface area contributed by atoms with Crippen molar-refractivity contribution >= 4 is 44.8 Å². The van der Waals surface area contributed by atoms with Gasteiger partial charge >= 0.3 is 5.97 Å². The molecule has 7 heteroatoms. The van der Waals surface area contributed by atoms with Crippen LogP contribution in [-0.4, -0.2) is 21.0 Å². The standard InChI is InChI=1S/C20H13N3O4/c24-20(25)12-9-10-17(18(11-12)23(26)27)22-19-13-5-1-3-7-15(13)21-16-8-4-2-6-14(16)19/h1-11H,(H,21,22)(H,24,25). The van der Waals surface area contributed by atoms with Gasteiger partial charge in [-0.1, -0.05) is 36.4 Å². The number of pyridine rings is 1. The van der Waals surface area contributed by atoms with Gasteiger partial charge in [0.15, 0.2) is 0 Å². The molecule has 27 heavy (non-hydrogen) atoms. The van der Waals surface area contributed by atoms with E-state index in [9.17, 15) is 14.9 Å². The Balaban J connectivity index is 1.95. The van der Waals surface area contributed by atoms with Gasteiger partial charge in [0.2, 0.25) is 0 Å². The van der Waals surface area contributed by atoms with Gasteiger partial charge in [-0.25, -0.2) is 9.78 Å². The van der Waals surface area contributed by atoms with Crippen molar-refractivity contribution in [3.8, 4) is 0 Å². The summed E-state index contributed by atoms with van der Waals surface area (Å²) >= 11 is 0. The molecule has 0 aliphatic rings. The Labute approximate surface area is 153 Å². The van der Waals surface area contributed by atoms with Gasteiger partial charge in [0.25, 0.3) is 5.69 Å².